The second kappa shape index (κ2) is 7.25. The van der Waals surface area contributed by atoms with E-state index in [9.17, 15) is 14.7 Å². The van der Waals surface area contributed by atoms with Gasteiger partial charge in [-0.1, -0.05) is 19.3 Å². The second-order valence-corrected chi connectivity index (χ2v) is 6.63. The van der Waals surface area contributed by atoms with Crippen LogP contribution in [0.25, 0.3) is 0 Å². The Hall–Kier alpha value is -1.10. The fourth-order valence-electron chi connectivity index (χ4n) is 3.64. The Kier molecular flexibility index (Phi) is 5.62. The summed E-state index contributed by atoms with van der Waals surface area (Å²) in [4.78, 5) is 23.9. The van der Waals surface area contributed by atoms with Crippen LogP contribution in [-0.4, -0.2) is 36.2 Å². The summed E-state index contributed by atoms with van der Waals surface area (Å²) in [6.07, 6.45) is 6.20. The van der Waals surface area contributed by atoms with Crippen LogP contribution in [0.3, 0.4) is 0 Å². The molecule has 0 bridgehead atoms. The standard InChI is InChI=1S/C16H27NO4/c1-12(13-5-9-21-10-6-13)17-14(18)11-16(15(19)20)7-3-2-4-8-16/h12-13H,2-11H2,1H3,(H,17,18)(H,19,20). The molecule has 0 aromatic rings. The number of hydrogen-bond donors (Lipinski definition) is 2. The van der Waals surface area contributed by atoms with Crippen molar-refractivity contribution in [1.29, 1.82) is 0 Å². The Labute approximate surface area is 126 Å². The van der Waals surface area contributed by atoms with Crippen molar-refractivity contribution < 1.29 is 19.4 Å². The van der Waals surface area contributed by atoms with Gasteiger partial charge < -0.3 is 15.2 Å². The molecule has 0 aromatic carbocycles. The summed E-state index contributed by atoms with van der Waals surface area (Å²) in [5, 5.41) is 12.5. The maximum Gasteiger partial charge on any atom is 0.310 e. The van der Waals surface area contributed by atoms with E-state index < -0.39 is 11.4 Å². The number of carbonyl (C=O) groups excluding carboxylic acids is 1. The number of carboxylic acid groups (broad SMARTS) is 1. The van der Waals surface area contributed by atoms with Crippen LogP contribution in [0.5, 0.6) is 0 Å². The number of carbonyl (C=O) groups is 2. The quantitative estimate of drug-likeness (QED) is 0.816. The van der Waals surface area contributed by atoms with Gasteiger partial charge in [-0.15, -0.1) is 0 Å². The highest BCUT2D eigenvalue weighted by Crippen LogP contribution is 2.39. The average Bonchev–Trinajstić information content (AvgIpc) is 2.48. The van der Waals surface area contributed by atoms with Crippen LogP contribution < -0.4 is 5.32 Å². The van der Waals surface area contributed by atoms with Gasteiger partial charge in [0.15, 0.2) is 0 Å². The third kappa shape index (κ3) is 4.19. The highest BCUT2D eigenvalue weighted by Gasteiger charge is 2.41. The van der Waals surface area contributed by atoms with Crippen molar-refractivity contribution in [1.82, 2.24) is 5.32 Å². The Bertz CT molecular complexity index is 370. The van der Waals surface area contributed by atoms with Crippen LogP contribution >= 0.6 is 0 Å². The molecule has 2 fully saturated rings. The molecule has 5 heteroatoms. The Balaban J connectivity index is 1.88. The van der Waals surface area contributed by atoms with E-state index in [0.717, 1.165) is 45.3 Å². The zero-order valence-corrected chi connectivity index (χ0v) is 12.9. The van der Waals surface area contributed by atoms with Crippen molar-refractivity contribution in [2.45, 2.75) is 64.3 Å². The minimum absolute atomic E-state index is 0.0934. The van der Waals surface area contributed by atoms with E-state index in [0.29, 0.717) is 18.8 Å². The van der Waals surface area contributed by atoms with Crippen molar-refractivity contribution in [2.24, 2.45) is 11.3 Å². The van der Waals surface area contributed by atoms with Gasteiger partial charge >= 0.3 is 5.97 Å². The minimum atomic E-state index is -0.836. The molecule has 120 valence electrons. The lowest BCUT2D eigenvalue weighted by Gasteiger charge is -2.34. The van der Waals surface area contributed by atoms with Gasteiger partial charge in [0, 0.05) is 25.7 Å². The smallest absolute Gasteiger partial charge is 0.310 e. The van der Waals surface area contributed by atoms with Crippen LogP contribution in [0.1, 0.15) is 58.3 Å². The van der Waals surface area contributed by atoms with Crippen LogP contribution in [0.15, 0.2) is 0 Å². The van der Waals surface area contributed by atoms with E-state index in [4.69, 9.17) is 4.74 Å². The number of hydrogen-bond acceptors (Lipinski definition) is 3. The van der Waals surface area contributed by atoms with Crippen molar-refractivity contribution in [3.05, 3.63) is 0 Å². The molecule has 1 atom stereocenters. The highest BCUT2D eigenvalue weighted by molar-refractivity contribution is 5.85. The summed E-state index contributed by atoms with van der Waals surface area (Å²) in [5.41, 5.74) is -0.836. The van der Waals surface area contributed by atoms with E-state index in [1.54, 1.807) is 0 Å². The summed E-state index contributed by atoms with van der Waals surface area (Å²) in [7, 11) is 0. The van der Waals surface area contributed by atoms with E-state index in [-0.39, 0.29) is 18.4 Å². The number of amides is 1. The summed E-state index contributed by atoms with van der Waals surface area (Å²) in [5.74, 6) is -0.482. The molecule has 0 radical (unpaired) electrons. The molecule has 1 unspecified atom stereocenters. The van der Waals surface area contributed by atoms with E-state index in [2.05, 4.69) is 5.32 Å². The number of aliphatic carboxylic acids is 1. The molecule has 0 aromatic heterocycles. The fraction of sp³-hybridized carbons (Fsp3) is 0.875. The maximum atomic E-state index is 12.3. The number of rotatable bonds is 5. The Morgan fingerprint density at radius 2 is 1.86 bits per heavy atom. The van der Waals surface area contributed by atoms with Gasteiger partial charge in [0.25, 0.3) is 0 Å². The van der Waals surface area contributed by atoms with Crippen LogP contribution in [0, 0.1) is 11.3 Å². The van der Waals surface area contributed by atoms with Crippen molar-refractivity contribution >= 4 is 11.9 Å². The topological polar surface area (TPSA) is 75.6 Å². The SMILES string of the molecule is CC(NC(=O)CC1(C(=O)O)CCCCC1)C1CCOCC1. The van der Waals surface area contributed by atoms with Gasteiger partial charge in [0.05, 0.1) is 5.41 Å². The first kappa shape index (κ1) is 16.3. The van der Waals surface area contributed by atoms with E-state index in [1.807, 2.05) is 6.92 Å². The second-order valence-electron chi connectivity index (χ2n) is 6.63. The lowest BCUT2D eigenvalue weighted by molar-refractivity contribution is -0.154. The van der Waals surface area contributed by atoms with Crippen LogP contribution in [0.2, 0.25) is 0 Å². The maximum absolute atomic E-state index is 12.3. The fourth-order valence-corrected chi connectivity index (χ4v) is 3.64. The van der Waals surface area contributed by atoms with Gasteiger partial charge in [-0.05, 0) is 38.5 Å². The monoisotopic (exact) mass is 297 g/mol. The molecule has 1 amide bonds. The zero-order chi connectivity index (χ0) is 15.3. The van der Waals surface area contributed by atoms with Crippen molar-refractivity contribution in [2.75, 3.05) is 13.2 Å². The first-order valence-corrected chi connectivity index (χ1v) is 8.14. The molecule has 2 aliphatic rings. The molecule has 1 aliphatic carbocycles. The largest absolute Gasteiger partial charge is 0.481 e. The Morgan fingerprint density at radius 3 is 2.43 bits per heavy atom. The van der Waals surface area contributed by atoms with Crippen LogP contribution in [-0.2, 0) is 14.3 Å². The molecule has 5 nitrogen and oxygen atoms in total. The van der Waals surface area contributed by atoms with E-state index in [1.165, 1.54) is 0 Å². The molecule has 1 heterocycles. The molecule has 21 heavy (non-hydrogen) atoms. The predicted molar refractivity (Wildman–Crippen MR) is 78.9 cm³/mol. The molecule has 0 spiro atoms. The minimum Gasteiger partial charge on any atom is -0.481 e. The summed E-state index contributed by atoms with van der Waals surface area (Å²) < 4.78 is 5.33. The predicted octanol–water partition coefficient (Wildman–Crippen LogP) is 2.34. The van der Waals surface area contributed by atoms with E-state index >= 15 is 0 Å². The molecular weight excluding hydrogens is 270 g/mol. The molecule has 1 aliphatic heterocycles. The van der Waals surface area contributed by atoms with Crippen molar-refractivity contribution in [3.8, 4) is 0 Å². The van der Waals surface area contributed by atoms with Crippen LogP contribution in [0.4, 0.5) is 0 Å². The van der Waals surface area contributed by atoms with Crippen molar-refractivity contribution in [3.63, 3.8) is 0 Å². The van der Waals surface area contributed by atoms with Gasteiger partial charge in [-0.2, -0.15) is 0 Å². The molecule has 2 N–H and O–H groups in total. The summed E-state index contributed by atoms with van der Waals surface area (Å²) in [6, 6.07) is 0.0934. The van der Waals surface area contributed by atoms with Gasteiger partial charge in [0.2, 0.25) is 5.91 Å². The Morgan fingerprint density at radius 1 is 1.24 bits per heavy atom. The first-order chi connectivity index (χ1) is 10.0. The number of ether oxygens (including phenoxy) is 1. The molecule has 1 saturated heterocycles. The molecule has 1 saturated carbocycles. The lowest BCUT2D eigenvalue weighted by atomic mass is 9.71. The third-order valence-corrected chi connectivity index (χ3v) is 5.13. The normalized spacial score (nSPS) is 24.2. The van der Waals surface area contributed by atoms with Gasteiger partial charge in [-0.3, -0.25) is 9.59 Å². The molecular formula is C16H27NO4. The highest BCUT2D eigenvalue weighted by atomic mass is 16.5. The third-order valence-electron chi connectivity index (χ3n) is 5.13. The van der Waals surface area contributed by atoms with Gasteiger partial charge in [-0.25, -0.2) is 0 Å². The molecule has 2 rings (SSSR count). The number of nitrogens with one attached hydrogen (secondary N) is 1. The number of carboxylic acids is 1. The average molecular weight is 297 g/mol. The summed E-state index contributed by atoms with van der Waals surface area (Å²) in [6.45, 7) is 3.52. The van der Waals surface area contributed by atoms with Gasteiger partial charge in [0.1, 0.15) is 0 Å². The summed E-state index contributed by atoms with van der Waals surface area (Å²) >= 11 is 0. The lowest BCUT2D eigenvalue weighted by Crippen LogP contribution is -2.44. The first-order valence-electron chi connectivity index (χ1n) is 8.14. The zero-order valence-electron chi connectivity index (χ0n) is 12.9.